The number of aromatic nitrogens is 2. The molecule has 0 bridgehead atoms. The van der Waals surface area contributed by atoms with E-state index >= 15 is 0 Å². The highest BCUT2D eigenvalue weighted by molar-refractivity contribution is 7.18. The van der Waals surface area contributed by atoms with Crippen molar-refractivity contribution in [3.63, 3.8) is 0 Å². The highest BCUT2D eigenvalue weighted by atomic mass is 35.5. The molecule has 0 aliphatic carbocycles. The van der Waals surface area contributed by atoms with E-state index in [0.29, 0.717) is 20.7 Å². The molecule has 3 aromatic rings. The van der Waals surface area contributed by atoms with Crippen LogP contribution < -0.4 is 10.6 Å². The van der Waals surface area contributed by atoms with Crippen molar-refractivity contribution in [1.29, 1.82) is 0 Å². The van der Waals surface area contributed by atoms with Crippen LogP contribution in [0.25, 0.3) is 10.6 Å². The lowest BCUT2D eigenvalue weighted by Crippen LogP contribution is -2.47. The summed E-state index contributed by atoms with van der Waals surface area (Å²) < 4.78 is 0. The van der Waals surface area contributed by atoms with Crippen LogP contribution in [0, 0.1) is 5.92 Å². The summed E-state index contributed by atoms with van der Waals surface area (Å²) in [5.41, 5.74) is 1.33. The molecular formula is C21H21ClN4O2S. The van der Waals surface area contributed by atoms with Crippen molar-refractivity contribution >= 4 is 39.9 Å². The van der Waals surface area contributed by atoms with Crippen LogP contribution in [0.2, 0.25) is 5.02 Å². The van der Waals surface area contributed by atoms with Crippen molar-refractivity contribution in [2.45, 2.75) is 26.3 Å². The van der Waals surface area contributed by atoms with Gasteiger partial charge in [0.15, 0.2) is 0 Å². The standard InChI is InChI=1S/C21H21ClN4O2S/c1-3-13(2)17(23-18(27)15-10-7-11-16(22)12-15)19(28)24-21-26-25-20(29-21)14-8-5-4-6-9-14/h4-13,17H,3H2,1-2H3,(H,23,27)(H,24,26,28). The molecule has 2 atom stereocenters. The number of amides is 2. The van der Waals surface area contributed by atoms with Gasteiger partial charge in [0, 0.05) is 16.1 Å². The third kappa shape index (κ3) is 5.40. The lowest BCUT2D eigenvalue weighted by atomic mass is 9.98. The predicted octanol–water partition coefficient (Wildman–Crippen LogP) is 4.64. The molecule has 8 heteroatoms. The number of carbonyl (C=O) groups excluding carboxylic acids is 2. The Balaban J connectivity index is 1.73. The van der Waals surface area contributed by atoms with Crippen molar-refractivity contribution in [2.75, 3.05) is 5.32 Å². The second-order valence-electron chi connectivity index (χ2n) is 6.61. The Morgan fingerprint density at radius 2 is 1.86 bits per heavy atom. The molecule has 0 fully saturated rings. The van der Waals surface area contributed by atoms with Gasteiger partial charge < -0.3 is 5.32 Å². The average Bonchev–Trinajstić information content (AvgIpc) is 3.20. The van der Waals surface area contributed by atoms with E-state index in [1.165, 1.54) is 11.3 Å². The maximum atomic E-state index is 12.9. The van der Waals surface area contributed by atoms with Crippen molar-refractivity contribution < 1.29 is 9.59 Å². The van der Waals surface area contributed by atoms with Crippen LogP contribution in [0.3, 0.4) is 0 Å². The molecule has 29 heavy (non-hydrogen) atoms. The van der Waals surface area contributed by atoms with Gasteiger partial charge in [-0.05, 0) is 24.1 Å². The first-order valence-corrected chi connectivity index (χ1v) is 10.4. The molecule has 0 aliphatic rings. The van der Waals surface area contributed by atoms with Crippen LogP contribution in [-0.4, -0.2) is 28.1 Å². The van der Waals surface area contributed by atoms with E-state index in [9.17, 15) is 9.59 Å². The molecular weight excluding hydrogens is 408 g/mol. The number of rotatable bonds is 7. The van der Waals surface area contributed by atoms with E-state index in [0.717, 1.165) is 12.0 Å². The minimum Gasteiger partial charge on any atom is -0.340 e. The van der Waals surface area contributed by atoms with Gasteiger partial charge in [-0.25, -0.2) is 0 Å². The first-order chi connectivity index (χ1) is 14.0. The number of nitrogens with one attached hydrogen (secondary N) is 2. The molecule has 150 valence electrons. The third-order valence-corrected chi connectivity index (χ3v) is 5.67. The van der Waals surface area contributed by atoms with Crippen LogP contribution in [0.1, 0.15) is 30.6 Å². The number of hydrogen-bond acceptors (Lipinski definition) is 5. The minimum atomic E-state index is -0.712. The Kier molecular flexibility index (Phi) is 6.95. The number of anilines is 1. The first kappa shape index (κ1) is 21.0. The average molecular weight is 429 g/mol. The zero-order valence-electron chi connectivity index (χ0n) is 16.1. The van der Waals surface area contributed by atoms with Gasteiger partial charge in [-0.2, -0.15) is 0 Å². The topological polar surface area (TPSA) is 84.0 Å². The van der Waals surface area contributed by atoms with Crippen LogP contribution >= 0.6 is 22.9 Å². The lowest BCUT2D eigenvalue weighted by Gasteiger charge is -2.23. The number of benzene rings is 2. The molecule has 1 aromatic heterocycles. The summed E-state index contributed by atoms with van der Waals surface area (Å²) in [7, 11) is 0. The van der Waals surface area contributed by atoms with Crippen molar-refractivity contribution in [3.8, 4) is 10.6 Å². The largest absolute Gasteiger partial charge is 0.340 e. The Labute approximate surface area is 178 Å². The van der Waals surface area contributed by atoms with Crippen molar-refractivity contribution in [2.24, 2.45) is 5.92 Å². The Hall–Kier alpha value is -2.77. The third-order valence-electron chi connectivity index (χ3n) is 4.54. The molecule has 6 nitrogen and oxygen atoms in total. The SMILES string of the molecule is CCC(C)C(NC(=O)c1cccc(Cl)c1)C(=O)Nc1nnc(-c2ccccc2)s1. The molecule has 1 heterocycles. The van der Waals surface area contributed by atoms with E-state index in [1.54, 1.807) is 24.3 Å². The monoisotopic (exact) mass is 428 g/mol. The zero-order chi connectivity index (χ0) is 20.8. The normalized spacial score (nSPS) is 12.8. The summed E-state index contributed by atoms with van der Waals surface area (Å²) in [6.07, 6.45) is 0.722. The van der Waals surface area contributed by atoms with Gasteiger partial charge in [0.2, 0.25) is 11.0 Å². The fourth-order valence-electron chi connectivity index (χ4n) is 2.71. The fraction of sp³-hybridized carbons (Fsp3) is 0.238. The molecule has 0 spiro atoms. The summed E-state index contributed by atoms with van der Waals surface area (Å²) in [4.78, 5) is 25.5. The molecule has 3 rings (SSSR count). The predicted molar refractivity (Wildman–Crippen MR) is 116 cm³/mol. The first-order valence-electron chi connectivity index (χ1n) is 9.24. The van der Waals surface area contributed by atoms with Crippen molar-refractivity contribution in [3.05, 3.63) is 65.2 Å². The fourth-order valence-corrected chi connectivity index (χ4v) is 3.65. The highest BCUT2D eigenvalue weighted by Crippen LogP contribution is 2.26. The summed E-state index contributed by atoms with van der Waals surface area (Å²) in [5, 5.41) is 15.3. The molecule has 2 unspecified atom stereocenters. The van der Waals surface area contributed by atoms with Crippen LogP contribution in [0.5, 0.6) is 0 Å². The van der Waals surface area contributed by atoms with Gasteiger partial charge in [-0.15, -0.1) is 10.2 Å². The maximum Gasteiger partial charge on any atom is 0.251 e. The molecule has 0 saturated carbocycles. The Bertz CT molecular complexity index is 993. The quantitative estimate of drug-likeness (QED) is 0.574. The van der Waals surface area contributed by atoms with Crippen LogP contribution in [0.15, 0.2) is 54.6 Å². The molecule has 0 aliphatic heterocycles. The Morgan fingerprint density at radius 3 is 2.55 bits per heavy atom. The zero-order valence-corrected chi connectivity index (χ0v) is 17.6. The van der Waals surface area contributed by atoms with Gasteiger partial charge >= 0.3 is 0 Å². The number of carbonyl (C=O) groups is 2. The number of halogens is 1. The van der Waals surface area contributed by atoms with E-state index < -0.39 is 6.04 Å². The molecule has 2 N–H and O–H groups in total. The molecule has 0 saturated heterocycles. The van der Waals surface area contributed by atoms with Crippen molar-refractivity contribution in [1.82, 2.24) is 15.5 Å². The second kappa shape index (κ2) is 9.62. The summed E-state index contributed by atoms with van der Waals surface area (Å²) in [5.74, 6) is -0.750. The molecule has 2 amide bonds. The van der Waals surface area contributed by atoms with E-state index in [2.05, 4.69) is 20.8 Å². The molecule has 2 aromatic carbocycles. The number of hydrogen-bond donors (Lipinski definition) is 2. The number of nitrogens with zero attached hydrogens (tertiary/aromatic N) is 2. The van der Waals surface area contributed by atoms with Gasteiger partial charge in [-0.1, -0.05) is 79.6 Å². The van der Waals surface area contributed by atoms with Gasteiger partial charge in [-0.3, -0.25) is 14.9 Å². The maximum absolute atomic E-state index is 12.9. The second-order valence-corrected chi connectivity index (χ2v) is 8.03. The Morgan fingerprint density at radius 1 is 1.10 bits per heavy atom. The van der Waals surface area contributed by atoms with Gasteiger partial charge in [0.1, 0.15) is 11.0 Å². The van der Waals surface area contributed by atoms with Crippen LogP contribution in [0.4, 0.5) is 5.13 Å². The summed E-state index contributed by atoms with van der Waals surface area (Å²) in [6.45, 7) is 3.88. The minimum absolute atomic E-state index is 0.0698. The summed E-state index contributed by atoms with van der Waals surface area (Å²) >= 11 is 7.25. The van der Waals surface area contributed by atoms with E-state index in [4.69, 9.17) is 11.6 Å². The smallest absolute Gasteiger partial charge is 0.251 e. The van der Waals surface area contributed by atoms with E-state index in [1.807, 2.05) is 44.2 Å². The highest BCUT2D eigenvalue weighted by Gasteiger charge is 2.27. The lowest BCUT2D eigenvalue weighted by molar-refractivity contribution is -0.119. The summed E-state index contributed by atoms with van der Waals surface area (Å²) in [6, 6.07) is 15.5. The van der Waals surface area contributed by atoms with Gasteiger partial charge in [0.25, 0.3) is 5.91 Å². The van der Waals surface area contributed by atoms with Crippen LogP contribution in [-0.2, 0) is 4.79 Å². The molecule has 0 radical (unpaired) electrons. The van der Waals surface area contributed by atoms with Gasteiger partial charge in [0.05, 0.1) is 0 Å². The van der Waals surface area contributed by atoms with E-state index in [-0.39, 0.29) is 17.7 Å².